The molecule has 0 unspecified atom stereocenters. The Morgan fingerprint density at radius 3 is 1.14 bits per heavy atom. The van der Waals surface area contributed by atoms with Crippen molar-refractivity contribution in [2.45, 2.75) is 0 Å². The number of rotatable bonds is 0. The topological polar surface area (TPSA) is 86.2 Å². The Bertz CT molecular complexity index is 42.2. The van der Waals surface area contributed by atoms with Crippen LogP contribution in [0.2, 0.25) is 0 Å². The summed E-state index contributed by atoms with van der Waals surface area (Å²) in [6, 6.07) is 0. The Kier molecular flexibility index (Phi) is 412. The van der Waals surface area contributed by atoms with Crippen LogP contribution in [-0.2, 0) is 14.4 Å². The first-order valence-corrected chi connectivity index (χ1v) is 0.697. The van der Waals surface area contributed by atoms with Crippen molar-refractivity contribution in [3.63, 3.8) is 0 Å². The zero-order chi connectivity index (χ0) is 4.71. The van der Waals surface area contributed by atoms with Gasteiger partial charge < -0.3 is 10.9 Å². The smallest absolute Gasteiger partial charge is 0.344 e. The summed E-state index contributed by atoms with van der Waals surface area (Å²) in [6.45, 7) is 2.00. The molecule has 0 fully saturated rings. The van der Waals surface area contributed by atoms with Crippen LogP contribution in [0, 0.1) is 37.7 Å². The third-order valence-corrected chi connectivity index (χ3v) is 0. The second-order valence-corrected chi connectivity index (χ2v) is 0.0833. The zero-order valence-corrected chi connectivity index (χ0v) is 4.20. The summed E-state index contributed by atoms with van der Waals surface area (Å²) in [4.78, 5) is 24.2. The van der Waals surface area contributed by atoms with Gasteiger partial charge in [0, 0.05) is 37.7 Å². The van der Waals surface area contributed by atoms with Crippen molar-refractivity contribution in [3.8, 4) is 0 Å². The SMILES string of the molecule is C=O.N.O=C=O.[Ar]. The quantitative estimate of drug-likeness (QED) is 0.475. The van der Waals surface area contributed by atoms with Crippen LogP contribution in [-0.4, -0.2) is 12.9 Å². The van der Waals surface area contributed by atoms with E-state index in [0.717, 1.165) is 0 Å². The van der Waals surface area contributed by atoms with Gasteiger partial charge in [0.2, 0.25) is 0 Å². The van der Waals surface area contributed by atoms with Gasteiger partial charge in [-0.1, -0.05) is 0 Å². The average Bonchev–Trinajstić information content (AvgIpc) is 1.46. The van der Waals surface area contributed by atoms with Gasteiger partial charge in [0.25, 0.3) is 0 Å². The normalized spacial score (nSPS) is 1.71. The minimum Gasteiger partial charge on any atom is -0.344 e. The molecule has 0 aromatic carbocycles. The maximum Gasteiger partial charge on any atom is 0.373 e. The van der Waals surface area contributed by atoms with Crippen molar-refractivity contribution < 1.29 is 52.1 Å². The minimum atomic E-state index is 0. The predicted octanol–water partition coefficient (Wildman–Crippen LogP) is -0.606. The van der Waals surface area contributed by atoms with Crippen LogP contribution in [0.25, 0.3) is 0 Å². The Labute approximate surface area is 70.8 Å². The van der Waals surface area contributed by atoms with Gasteiger partial charge in [-0.25, -0.2) is 0 Å². The van der Waals surface area contributed by atoms with E-state index in [1.807, 2.05) is 6.79 Å². The Balaban J connectivity index is -0.0000000105. The molecule has 0 spiro atoms. The summed E-state index contributed by atoms with van der Waals surface area (Å²) in [5.41, 5.74) is 0. The van der Waals surface area contributed by atoms with Crippen molar-refractivity contribution in [1.29, 1.82) is 0 Å². The van der Waals surface area contributed by atoms with E-state index in [9.17, 15) is 0 Å². The van der Waals surface area contributed by atoms with Gasteiger partial charge in [-0.05, 0) is 0 Å². The van der Waals surface area contributed by atoms with Crippen molar-refractivity contribution in [2.75, 3.05) is 0 Å². The summed E-state index contributed by atoms with van der Waals surface area (Å²) in [5.74, 6) is 0. The van der Waals surface area contributed by atoms with Crippen molar-refractivity contribution in [2.24, 2.45) is 0 Å². The number of hydrogen-bond donors (Lipinski definition) is 1. The molecule has 0 heterocycles. The van der Waals surface area contributed by atoms with E-state index in [1.165, 1.54) is 0 Å². The fraction of sp³-hybridized carbons (Fsp3) is 0. The molecule has 0 bridgehead atoms. The third-order valence-electron chi connectivity index (χ3n) is 0. The van der Waals surface area contributed by atoms with E-state index in [1.54, 1.807) is 0 Å². The summed E-state index contributed by atoms with van der Waals surface area (Å²) < 4.78 is 0. The molecule has 4 nitrogen and oxygen atoms in total. The second kappa shape index (κ2) is 108. The minimum absolute atomic E-state index is 0. The number of carbonyl (C=O) groups is 1. The molecule has 0 rings (SSSR count). The molecular weight excluding hydrogens is 126 g/mol. The van der Waals surface area contributed by atoms with Gasteiger partial charge in [-0.15, -0.1) is 0 Å². The molecule has 0 aromatic heterocycles. The van der Waals surface area contributed by atoms with Gasteiger partial charge >= 0.3 is 6.15 Å². The maximum absolute atomic E-state index is 8.12. The first-order chi connectivity index (χ1) is 2.41. The number of carbonyl (C=O) groups excluding carboxylic acids is 3. The predicted molar refractivity (Wildman–Crippen MR) is 17.2 cm³/mol. The molecule has 0 aliphatic rings. The van der Waals surface area contributed by atoms with Crippen molar-refractivity contribution >= 4 is 12.9 Å². The molecule has 0 aliphatic heterocycles. The molecule has 0 amide bonds. The molecule has 3 N–H and O–H groups in total. The van der Waals surface area contributed by atoms with Crippen LogP contribution < -0.4 is 6.15 Å². The average molecular weight is 131 g/mol. The zero-order valence-electron chi connectivity index (χ0n) is 3.49. The first-order valence-electron chi connectivity index (χ1n) is 0.697. The van der Waals surface area contributed by atoms with Gasteiger partial charge in [0.15, 0.2) is 0 Å². The van der Waals surface area contributed by atoms with Crippen LogP contribution in [0.15, 0.2) is 0 Å². The summed E-state index contributed by atoms with van der Waals surface area (Å²) in [7, 11) is 0. The van der Waals surface area contributed by atoms with E-state index in [4.69, 9.17) is 14.4 Å². The van der Waals surface area contributed by atoms with Gasteiger partial charge in [-0.3, -0.25) is 0 Å². The third kappa shape index (κ3) is 1570. The molecule has 0 radical (unpaired) electrons. The maximum atomic E-state index is 8.12. The van der Waals surface area contributed by atoms with Gasteiger partial charge in [0.05, 0.1) is 0 Å². The molecule has 0 saturated heterocycles. The van der Waals surface area contributed by atoms with Crippen LogP contribution in [0.1, 0.15) is 0 Å². The molecule has 0 aliphatic carbocycles. The molecule has 0 saturated carbocycles. The summed E-state index contributed by atoms with van der Waals surface area (Å²) >= 11 is 0. The van der Waals surface area contributed by atoms with Crippen molar-refractivity contribution in [1.82, 2.24) is 6.15 Å². The fourth-order valence-electron chi connectivity index (χ4n) is 0. The number of hydrogen-bond acceptors (Lipinski definition) is 4. The van der Waals surface area contributed by atoms with E-state index >= 15 is 0 Å². The summed E-state index contributed by atoms with van der Waals surface area (Å²) in [6.07, 6.45) is 0.250. The first kappa shape index (κ1) is 26.7. The standard InChI is InChI=1S/CO2.CH2O.Ar.H3N/c2-1-3;1-2;;/h;1H2;;1H3. The van der Waals surface area contributed by atoms with Gasteiger partial charge in [-0.2, -0.15) is 9.59 Å². The molecule has 0 aromatic rings. The molecule has 5 heteroatoms. The monoisotopic (exact) mass is 131 g/mol. The fourth-order valence-corrected chi connectivity index (χ4v) is 0. The Morgan fingerprint density at radius 2 is 1.14 bits per heavy atom. The molecule has 7 heavy (non-hydrogen) atoms. The largest absolute Gasteiger partial charge is 0.373 e. The molecule has 0 atom stereocenters. The molecular formula is C2H5ArNO3. The molecule has 44 valence electrons. The Morgan fingerprint density at radius 1 is 1.14 bits per heavy atom. The van der Waals surface area contributed by atoms with Gasteiger partial charge in [0.1, 0.15) is 6.79 Å². The van der Waals surface area contributed by atoms with Crippen LogP contribution in [0.4, 0.5) is 0 Å². The van der Waals surface area contributed by atoms with E-state index < -0.39 is 0 Å². The Hall–Kier alpha value is 0.270. The van der Waals surface area contributed by atoms with Crippen molar-refractivity contribution in [3.05, 3.63) is 0 Å². The van der Waals surface area contributed by atoms with Crippen LogP contribution >= 0.6 is 0 Å². The van der Waals surface area contributed by atoms with E-state index in [2.05, 4.69) is 0 Å². The van der Waals surface area contributed by atoms with Crippen LogP contribution in [0.3, 0.4) is 0 Å². The summed E-state index contributed by atoms with van der Waals surface area (Å²) in [5, 5.41) is 0. The second-order valence-electron chi connectivity index (χ2n) is 0.0833. The van der Waals surface area contributed by atoms with E-state index in [-0.39, 0.29) is 50.0 Å². The van der Waals surface area contributed by atoms with E-state index in [0.29, 0.717) is 0 Å². The van der Waals surface area contributed by atoms with Crippen LogP contribution in [0.5, 0.6) is 0 Å².